The smallest absolute Gasteiger partial charge is 0.183 e. The van der Waals surface area contributed by atoms with Gasteiger partial charge in [0, 0.05) is 0 Å². The van der Waals surface area contributed by atoms with Crippen LogP contribution in [0.25, 0.3) is 0 Å². The van der Waals surface area contributed by atoms with Crippen molar-refractivity contribution in [3.05, 3.63) is 34.3 Å². The van der Waals surface area contributed by atoms with Gasteiger partial charge >= 0.3 is 0 Å². The fraction of sp³-hybridized carbons (Fsp3) is 0. The number of hydrogen-bond donors (Lipinski definition) is 3. The molecule has 5 N–H and O–H groups in total. The zero-order valence-electron chi connectivity index (χ0n) is 6.22. The molecule has 0 spiro atoms. The lowest BCUT2D eigenvalue weighted by Gasteiger charge is -1.88. The molecule has 0 saturated heterocycles. The molecule has 3 nitrogen and oxygen atoms in total. The zero-order valence-corrected chi connectivity index (χ0v) is 7.73. The average Bonchev–Trinajstić information content (AvgIpc) is 1.94. The Bertz CT molecular complexity index is 238. The number of guanidine groups is 1. The van der Waals surface area contributed by atoms with Crippen LogP contribution in [-0.4, -0.2) is 5.96 Å². The van der Waals surface area contributed by atoms with Crippen LogP contribution in [0.15, 0.2) is 24.3 Å². The SMILES string of the molecule is Clc1ccccc1Cl.N=C(N)N. The molecule has 0 saturated carbocycles. The molecule has 5 heteroatoms. The summed E-state index contributed by atoms with van der Waals surface area (Å²) in [5.74, 6) is -0.333. The van der Waals surface area contributed by atoms with E-state index >= 15 is 0 Å². The van der Waals surface area contributed by atoms with E-state index in [1.54, 1.807) is 12.1 Å². The second kappa shape index (κ2) is 5.69. The van der Waals surface area contributed by atoms with E-state index in [0.29, 0.717) is 10.0 Å². The lowest BCUT2D eigenvalue weighted by Crippen LogP contribution is -2.20. The number of nitrogens with two attached hydrogens (primary N) is 2. The number of rotatable bonds is 0. The third kappa shape index (κ3) is 5.82. The Balaban J connectivity index is 0.000000261. The van der Waals surface area contributed by atoms with Crippen LogP contribution in [0.1, 0.15) is 0 Å². The predicted octanol–water partition coefficient (Wildman–Crippen LogP) is 1.83. The lowest BCUT2D eigenvalue weighted by atomic mass is 10.4. The van der Waals surface area contributed by atoms with Gasteiger partial charge in [0.25, 0.3) is 0 Å². The minimum atomic E-state index is -0.333. The van der Waals surface area contributed by atoms with Gasteiger partial charge in [0.1, 0.15) is 0 Å². The molecule has 66 valence electrons. The van der Waals surface area contributed by atoms with Gasteiger partial charge in [0.15, 0.2) is 5.96 Å². The second-order valence-corrected chi connectivity index (χ2v) is 2.68. The summed E-state index contributed by atoms with van der Waals surface area (Å²) < 4.78 is 0. The summed E-state index contributed by atoms with van der Waals surface area (Å²) in [4.78, 5) is 0. The van der Waals surface area contributed by atoms with Crippen molar-refractivity contribution >= 4 is 29.2 Å². The van der Waals surface area contributed by atoms with E-state index in [9.17, 15) is 0 Å². The van der Waals surface area contributed by atoms with Crippen molar-refractivity contribution in [2.24, 2.45) is 11.5 Å². The number of halogens is 2. The van der Waals surface area contributed by atoms with Gasteiger partial charge in [-0.15, -0.1) is 0 Å². The lowest BCUT2D eigenvalue weighted by molar-refractivity contribution is 1.39. The van der Waals surface area contributed by atoms with Gasteiger partial charge in [-0.3, -0.25) is 5.41 Å². The standard InChI is InChI=1S/C6H4Cl2.CH5N3/c7-5-3-1-2-4-6(5)8;2-1(3)4/h1-4H;(H5,2,3,4). The fourth-order valence-electron chi connectivity index (χ4n) is 0.439. The average molecular weight is 206 g/mol. The highest BCUT2D eigenvalue weighted by Gasteiger charge is 1.89. The monoisotopic (exact) mass is 205 g/mol. The van der Waals surface area contributed by atoms with E-state index in [2.05, 4.69) is 11.5 Å². The Morgan fingerprint density at radius 1 is 1.08 bits per heavy atom. The molecule has 0 aliphatic rings. The Morgan fingerprint density at radius 3 is 1.50 bits per heavy atom. The fourth-order valence-corrected chi connectivity index (χ4v) is 0.711. The summed E-state index contributed by atoms with van der Waals surface area (Å²) >= 11 is 11.2. The molecule has 0 atom stereocenters. The molecule has 12 heavy (non-hydrogen) atoms. The van der Waals surface area contributed by atoms with Crippen LogP contribution in [0.3, 0.4) is 0 Å². The molecule has 0 radical (unpaired) electrons. The van der Waals surface area contributed by atoms with Crippen LogP contribution in [-0.2, 0) is 0 Å². The van der Waals surface area contributed by atoms with Crippen LogP contribution in [0.4, 0.5) is 0 Å². The molecule has 1 aromatic carbocycles. The topological polar surface area (TPSA) is 75.9 Å². The molecule has 0 aliphatic carbocycles. The summed E-state index contributed by atoms with van der Waals surface area (Å²) in [5.41, 5.74) is 8.94. The Kier molecular flexibility index (Phi) is 5.25. The molecular weight excluding hydrogens is 197 g/mol. The quantitative estimate of drug-likeness (QED) is 0.447. The van der Waals surface area contributed by atoms with Crippen molar-refractivity contribution in [1.82, 2.24) is 0 Å². The molecule has 0 aromatic heterocycles. The normalized spacial score (nSPS) is 8.17. The van der Waals surface area contributed by atoms with Gasteiger partial charge in [-0.2, -0.15) is 0 Å². The summed E-state index contributed by atoms with van der Waals surface area (Å²) in [6, 6.07) is 7.19. The van der Waals surface area contributed by atoms with Crippen molar-refractivity contribution in [2.45, 2.75) is 0 Å². The highest BCUT2D eigenvalue weighted by atomic mass is 35.5. The van der Waals surface area contributed by atoms with Crippen LogP contribution < -0.4 is 11.5 Å². The second-order valence-electron chi connectivity index (χ2n) is 1.87. The van der Waals surface area contributed by atoms with Gasteiger partial charge in [-0.25, -0.2) is 0 Å². The molecule has 1 rings (SSSR count). The van der Waals surface area contributed by atoms with E-state index in [-0.39, 0.29) is 5.96 Å². The van der Waals surface area contributed by atoms with Crippen molar-refractivity contribution < 1.29 is 0 Å². The first-order valence-corrected chi connectivity index (χ1v) is 3.79. The van der Waals surface area contributed by atoms with Gasteiger partial charge in [0.2, 0.25) is 0 Å². The van der Waals surface area contributed by atoms with Crippen molar-refractivity contribution in [3.8, 4) is 0 Å². The number of nitrogens with one attached hydrogen (secondary N) is 1. The van der Waals surface area contributed by atoms with Gasteiger partial charge < -0.3 is 11.5 Å². The molecule has 0 fully saturated rings. The Labute approximate surface area is 80.8 Å². The van der Waals surface area contributed by atoms with E-state index < -0.39 is 0 Å². The van der Waals surface area contributed by atoms with Crippen molar-refractivity contribution in [2.75, 3.05) is 0 Å². The first-order valence-electron chi connectivity index (χ1n) is 3.03. The molecule has 1 aromatic rings. The molecule has 0 unspecified atom stereocenters. The van der Waals surface area contributed by atoms with Crippen LogP contribution in [0.2, 0.25) is 10.0 Å². The molecule has 0 aliphatic heterocycles. The maximum absolute atomic E-state index is 6.06. The summed E-state index contributed by atoms with van der Waals surface area (Å²) in [6.07, 6.45) is 0. The van der Waals surface area contributed by atoms with Gasteiger partial charge in [0.05, 0.1) is 10.0 Å². The Hall–Kier alpha value is -0.930. The maximum Gasteiger partial charge on any atom is 0.183 e. The van der Waals surface area contributed by atoms with E-state index in [1.165, 1.54) is 0 Å². The van der Waals surface area contributed by atoms with Crippen LogP contribution >= 0.6 is 23.2 Å². The van der Waals surface area contributed by atoms with E-state index in [0.717, 1.165) is 0 Å². The first-order chi connectivity index (χ1) is 5.54. The zero-order chi connectivity index (χ0) is 9.56. The Morgan fingerprint density at radius 2 is 1.33 bits per heavy atom. The van der Waals surface area contributed by atoms with Crippen LogP contribution in [0.5, 0.6) is 0 Å². The van der Waals surface area contributed by atoms with Gasteiger partial charge in [-0.1, -0.05) is 35.3 Å². The summed E-state index contributed by atoms with van der Waals surface area (Å²) in [7, 11) is 0. The maximum atomic E-state index is 6.06. The van der Waals surface area contributed by atoms with Crippen molar-refractivity contribution in [3.63, 3.8) is 0 Å². The molecular formula is C7H9Cl2N3. The minimum absolute atomic E-state index is 0.333. The molecule has 0 bridgehead atoms. The van der Waals surface area contributed by atoms with Crippen LogP contribution in [0, 0.1) is 5.41 Å². The third-order valence-electron chi connectivity index (χ3n) is 0.824. The van der Waals surface area contributed by atoms with E-state index in [4.69, 9.17) is 28.6 Å². The van der Waals surface area contributed by atoms with Gasteiger partial charge in [-0.05, 0) is 12.1 Å². The minimum Gasteiger partial charge on any atom is -0.370 e. The highest BCUT2D eigenvalue weighted by Crippen LogP contribution is 2.19. The number of benzene rings is 1. The predicted molar refractivity (Wildman–Crippen MR) is 52.6 cm³/mol. The largest absolute Gasteiger partial charge is 0.370 e. The summed E-state index contributed by atoms with van der Waals surface area (Å²) in [6.45, 7) is 0. The highest BCUT2D eigenvalue weighted by molar-refractivity contribution is 6.41. The number of hydrogen-bond acceptors (Lipinski definition) is 1. The molecule has 0 heterocycles. The summed E-state index contributed by atoms with van der Waals surface area (Å²) in [5, 5.41) is 7.27. The van der Waals surface area contributed by atoms with E-state index in [1.807, 2.05) is 12.1 Å². The van der Waals surface area contributed by atoms with Crippen molar-refractivity contribution in [1.29, 1.82) is 5.41 Å². The first kappa shape index (κ1) is 11.1. The molecule has 0 amide bonds. The third-order valence-corrected chi connectivity index (χ3v) is 1.58.